The van der Waals surface area contributed by atoms with Crippen LogP contribution in [0.5, 0.6) is 5.88 Å². The normalized spacial score (nSPS) is 14.1. The second-order valence-electron chi connectivity index (χ2n) is 9.16. The molecule has 1 fully saturated rings. The van der Waals surface area contributed by atoms with E-state index < -0.39 is 5.97 Å². The molecule has 0 aliphatic carbocycles. The fourth-order valence-electron chi connectivity index (χ4n) is 4.01. The van der Waals surface area contributed by atoms with Gasteiger partial charge in [0, 0.05) is 31.0 Å². The summed E-state index contributed by atoms with van der Waals surface area (Å²) in [7, 11) is 1.29. The first-order valence-electron chi connectivity index (χ1n) is 12.9. The number of esters is 1. The highest BCUT2D eigenvalue weighted by Crippen LogP contribution is 2.23. The molecule has 2 N–H and O–H groups in total. The first kappa shape index (κ1) is 26.8. The number of ether oxygens (including phenoxy) is 3. The van der Waals surface area contributed by atoms with Crippen molar-refractivity contribution in [3.63, 3.8) is 0 Å². The van der Waals surface area contributed by atoms with Gasteiger partial charge in [0.25, 0.3) is 0 Å². The number of amides is 1. The van der Waals surface area contributed by atoms with Crippen LogP contribution in [-0.4, -0.2) is 53.2 Å². The van der Waals surface area contributed by atoms with Gasteiger partial charge < -0.3 is 24.8 Å². The number of hydrogen-bond donors (Lipinski definition) is 2. The molecule has 4 aromatic rings. The van der Waals surface area contributed by atoms with Crippen molar-refractivity contribution in [2.75, 3.05) is 30.9 Å². The van der Waals surface area contributed by atoms with Gasteiger partial charge in [0.2, 0.25) is 11.8 Å². The van der Waals surface area contributed by atoms with Crippen molar-refractivity contribution in [3.8, 4) is 17.3 Å². The third-order valence-electron chi connectivity index (χ3n) is 6.29. The number of methoxy groups -OCH3 is 1. The minimum atomic E-state index is -0.557. The number of nitrogens with one attached hydrogen (secondary N) is 2. The Bertz CT molecular complexity index is 1460. The zero-order valence-corrected chi connectivity index (χ0v) is 22.0. The Morgan fingerprint density at radius 2 is 1.77 bits per heavy atom. The predicted molar refractivity (Wildman–Crippen MR) is 149 cm³/mol. The third kappa shape index (κ3) is 6.97. The Labute approximate surface area is 231 Å². The number of hydrogen-bond acceptors (Lipinski definition) is 9. The Morgan fingerprint density at radius 3 is 2.50 bits per heavy atom. The highest BCUT2D eigenvalue weighted by molar-refractivity contribution is 5.96. The molecule has 0 bridgehead atoms. The van der Waals surface area contributed by atoms with Crippen LogP contribution < -0.4 is 15.4 Å². The van der Waals surface area contributed by atoms with Crippen LogP contribution in [0.3, 0.4) is 0 Å². The zero-order chi connectivity index (χ0) is 27.7. The standard InChI is InChI=1S/C30H29N5O5/c1-38-30(37)25-12-11-24(29(34-25)32-18-23-14-16-39-23)33-26(36)17-20-7-9-22(10-8-20)28-31-15-13-27(35-28)40-19-21-5-3-2-4-6-21/h2-13,15,23H,14,16-19H2,1H3,(H,32,34)(H,33,36)/t23-/m0/s1. The average Bonchev–Trinajstić information content (AvgIpc) is 2.96. The lowest BCUT2D eigenvalue weighted by Crippen LogP contribution is -2.34. The van der Waals surface area contributed by atoms with E-state index in [-0.39, 0.29) is 24.1 Å². The van der Waals surface area contributed by atoms with Crippen molar-refractivity contribution in [2.24, 2.45) is 0 Å². The fraction of sp³-hybridized carbons (Fsp3) is 0.233. The highest BCUT2D eigenvalue weighted by Gasteiger charge is 2.20. The van der Waals surface area contributed by atoms with E-state index in [2.05, 4.69) is 25.6 Å². The van der Waals surface area contributed by atoms with Crippen LogP contribution in [0.2, 0.25) is 0 Å². The molecule has 2 aromatic heterocycles. The number of aromatic nitrogens is 3. The molecule has 204 valence electrons. The lowest BCUT2D eigenvalue weighted by molar-refractivity contribution is -0.115. The number of carbonyl (C=O) groups excluding carboxylic acids is 2. The molecular weight excluding hydrogens is 510 g/mol. The second-order valence-corrected chi connectivity index (χ2v) is 9.16. The van der Waals surface area contributed by atoms with E-state index in [9.17, 15) is 9.59 Å². The first-order chi connectivity index (χ1) is 19.6. The number of anilines is 2. The van der Waals surface area contributed by atoms with Crippen molar-refractivity contribution in [3.05, 3.63) is 95.8 Å². The van der Waals surface area contributed by atoms with Crippen molar-refractivity contribution >= 4 is 23.4 Å². The van der Waals surface area contributed by atoms with E-state index in [4.69, 9.17) is 14.2 Å². The molecule has 40 heavy (non-hydrogen) atoms. The van der Waals surface area contributed by atoms with Crippen LogP contribution in [0.25, 0.3) is 11.4 Å². The molecule has 1 aliphatic rings. The molecule has 5 rings (SSSR count). The molecule has 1 amide bonds. The van der Waals surface area contributed by atoms with E-state index in [0.29, 0.717) is 36.4 Å². The minimum Gasteiger partial charge on any atom is -0.473 e. The van der Waals surface area contributed by atoms with Crippen LogP contribution in [0.15, 0.2) is 79.0 Å². The van der Waals surface area contributed by atoms with Crippen LogP contribution >= 0.6 is 0 Å². The Kier molecular flexibility index (Phi) is 8.57. The van der Waals surface area contributed by atoms with Crippen molar-refractivity contribution in [1.82, 2.24) is 15.0 Å². The van der Waals surface area contributed by atoms with E-state index >= 15 is 0 Å². The summed E-state index contributed by atoms with van der Waals surface area (Å²) in [4.78, 5) is 38.0. The van der Waals surface area contributed by atoms with E-state index in [1.807, 2.05) is 54.6 Å². The molecule has 0 spiro atoms. The van der Waals surface area contributed by atoms with E-state index in [1.165, 1.54) is 13.2 Å². The maximum absolute atomic E-state index is 12.9. The second kappa shape index (κ2) is 12.8. The van der Waals surface area contributed by atoms with Gasteiger partial charge in [0.1, 0.15) is 6.61 Å². The highest BCUT2D eigenvalue weighted by atomic mass is 16.5. The Hall–Kier alpha value is -4.83. The number of rotatable bonds is 11. The van der Waals surface area contributed by atoms with E-state index in [1.54, 1.807) is 18.3 Å². The van der Waals surface area contributed by atoms with Crippen LogP contribution in [0.1, 0.15) is 28.0 Å². The molecule has 1 saturated heterocycles. The summed E-state index contributed by atoms with van der Waals surface area (Å²) in [5, 5.41) is 6.06. The summed E-state index contributed by atoms with van der Waals surface area (Å²) in [6.07, 6.45) is 2.82. The minimum absolute atomic E-state index is 0.0748. The first-order valence-corrected chi connectivity index (χ1v) is 12.9. The van der Waals surface area contributed by atoms with Gasteiger partial charge in [0.05, 0.1) is 25.3 Å². The summed E-state index contributed by atoms with van der Waals surface area (Å²) in [5.74, 6) is 0.615. The van der Waals surface area contributed by atoms with Crippen molar-refractivity contribution in [2.45, 2.75) is 25.6 Å². The number of pyridine rings is 1. The van der Waals surface area contributed by atoms with Gasteiger partial charge in [-0.15, -0.1) is 0 Å². The lowest BCUT2D eigenvalue weighted by atomic mass is 10.1. The van der Waals surface area contributed by atoms with Gasteiger partial charge in [-0.05, 0) is 29.7 Å². The molecule has 10 heteroatoms. The van der Waals surface area contributed by atoms with Gasteiger partial charge in [0.15, 0.2) is 17.3 Å². The average molecular weight is 540 g/mol. The topological polar surface area (TPSA) is 125 Å². The quantitative estimate of drug-likeness (QED) is 0.269. The molecule has 0 saturated carbocycles. The summed E-state index contributed by atoms with van der Waals surface area (Å²) in [6, 6.07) is 22.2. The fourth-order valence-corrected chi connectivity index (χ4v) is 4.01. The molecule has 3 heterocycles. The van der Waals surface area contributed by atoms with Crippen LogP contribution in [0, 0.1) is 0 Å². The van der Waals surface area contributed by atoms with Gasteiger partial charge in [-0.3, -0.25) is 4.79 Å². The maximum atomic E-state index is 12.9. The van der Waals surface area contributed by atoms with Crippen molar-refractivity contribution < 1.29 is 23.8 Å². The molecule has 10 nitrogen and oxygen atoms in total. The van der Waals surface area contributed by atoms with Gasteiger partial charge in [-0.25, -0.2) is 14.8 Å². The number of carbonyl (C=O) groups is 2. The third-order valence-corrected chi connectivity index (χ3v) is 6.29. The van der Waals surface area contributed by atoms with Crippen LogP contribution in [-0.2, 0) is 27.3 Å². The molecule has 1 aliphatic heterocycles. The molecular formula is C30H29N5O5. The number of benzene rings is 2. The zero-order valence-electron chi connectivity index (χ0n) is 22.0. The largest absolute Gasteiger partial charge is 0.473 e. The monoisotopic (exact) mass is 539 g/mol. The maximum Gasteiger partial charge on any atom is 0.356 e. The Morgan fingerprint density at radius 1 is 0.975 bits per heavy atom. The van der Waals surface area contributed by atoms with Crippen LogP contribution in [0.4, 0.5) is 11.5 Å². The predicted octanol–water partition coefficient (Wildman–Crippen LogP) is 4.29. The van der Waals surface area contributed by atoms with Crippen molar-refractivity contribution in [1.29, 1.82) is 0 Å². The van der Waals surface area contributed by atoms with E-state index in [0.717, 1.165) is 29.7 Å². The molecule has 2 aromatic carbocycles. The summed E-state index contributed by atoms with van der Waals surface area (Å²) in [5.41, 5.74) is 3.28. The van der Waals surface area contributed by atoms with Gasteiger partial charge in [-0.1, -0.05) is 54.6 Å². The molecule has 0 unspecified atom stereocenters. The summed E-state index contributed by atoms with van der Waals surface area (Å²) >= 11 is 0. The molecule has 1 atom stereocenters. The summed E-state index contributed by atoms with van der Waals surface area (Å²) in [6.45, 7) is 1.66. The SMILES string of the molecule is COC(=O)c1ccc(NC(=O)Cc2ccc(-c3nccc(OCc4ccccc4)n3)cc2)c(NC[C@@H]2CCO2)n1. The lowest BCUT2D eigenvalue weighted by Gasteiger charge is -2.27. The number of nitrogens with zero attached hydrogens (tertiary/aromatic N) is 3. The van der Waals surface area contributed by atoms with Gasteiger partial charge >= 0.3 is 5.97 Å². The smallest absolute Gasteiger partial charge is 0.356 e. The summed E-state index contributed by atoms with van der Waals surface area (Å²) < 4.78 is 16.0. The van der Waals surface area contributed by atoms with Gasteiger partial charge in [-0.2, -0.15) is 4.98 Å². The Balaban J connectivity index is 1.21. The molecule has 0 radical (unpaired) electrons.